The van der Waals surface area contributed by atoms with Gasteiger partial charge in [0.1, 0.15) is 6.10 Å². The summed E-state index contributed by atoms with van der Waals surface area (Å²) in [5.74, 6) is -0.0492. The molecule has 0 aromatic rings. The molecule has 0 N–H and O–H groups in total. The lowest BCUT2D eigenvalue weighted by Crippen LogP contribution is -2.31. The SMILES string of the molecule is CCC1CC(=O)O1.CCOC1CCCCO1. The first kappa shape index (κ1) is 13.5. The van der Waals surface area contributed by atoms with E-state index in [1.165, 1.54) is 12.8 Å². The Kier molecular flexibility index (Phi) is 6.42. The molecule has 2 aliphatic heterocycles. The minimum Gasteiger partial charge on any atom is -0.462 e. The molecule has 16 heavy (non-hydrogen) atoms. The molecule has 2 atom stereocenters. The van der Waals surface area contributed by atoms with Crippen LogP contribution in [0, 0.1) is 0 Å². The average Bonchev–Trinajstić information content (AvgIpc) is 2.28. The van der Waals surface area contributed by atoms with Crippen molar-refractivity contribution >= 4 is 5.97 Å². The molecule has 0 saturated carbocycles. The van der Waals surface area contributed by atoms with E-state index in [1.54, 1.807) is 0 Å². The summed E-state index contributed by atoms with van der Waals surface area (Å²) in [6.07, 6.45) is 5.47. The van der Waals surface area contributed by atoms with Crippen molar-refractivity contribution in [3.63, 3.8) is 0 Å². The summed E-state index contributed by atoms with van der Waals surface area (Å²) in [4.78, 5) is 10.0. The first-order chi connectivity index (χ1) is 7.76. The maximum absolute atomic E-state index is 10.0. The summed E-state index contributed by atoms with van der Waals surface area (Å²) < 4.78 is 15.2. The predicted molar refractivity (Wildman–Crippen MR) is 60.0 cm³/mol. The van der Waals surface area contributed by atoms with Crippen LogP contribution in [0.25, 0.3) is 0 Å². The molecule has 0 spiro atoms. The maximum Gasteiger partial charge on any atom is 0.309 e. The molecule has 2 rings (SSSR count). The molecule has 2 unspecified atom stereocenters. The van der Waals surface area contributed by atoms with E-state index in [0.717, 1.165) is 26.1 Å². The molecule has 0 radical (unpaired) electrons. The van der Waals surface area contributed by atoms with Crippen molar-refractivity contribution in [1.29, 1.82) is 0 Å². The van der Waals surface area contributed by atoms with Gasteiger partial charge in [-0.2, -0.15) is 0 Å². The predicted octanol–water partition coefficient (Wildman–Crippen LogP) is 2.26. The summed E-state index contributed by atoms with van der Waals surface area (Å²) in [6.45, 7) is 5.66. The van der Waals surface area contributed by atoms with Gasteiger partial charge in [-0.3, -0.25) is 4.79 Å². The fourth-order valence-corrected chi connectivity index (χ4v) is 1.62. The molecule has 4 nitrogen and oxygen atoms in total. The van der Waals surface area contributed by atoms with Gasteiger partial charge in [-0.25, -0.2) is 0 Å². The molecule has 0 bridgehead atoms. The van der Waals surface area contributed by atoms with Crippen molar-refractivity contribution in [1.82, 2.24) is 0 Å². The molecule has 0 aromatic heterocycles. The lowest BCUT2D eigenvalue weighted by atomic mass is 10.1. The van der Waals surface area contributed by atoms with Crippen molar-refractivity contribution in [3.8, 4) is 0 Å². The summed E-state index contributed by atoms with van der Waals surface area (Å²) in [5, 5.41) is 0. The van der Waals surface area contributed by atoms with Crippen LogP contribution in [0.2, 0.25) is 0 Å². The number of ether oxygens (including phenoxy) is 3. The molecule has 0 amide bonds. The van der Waals surface area contributed by atoms with E-state index < -0.39 is 0 Å². The Hall–Kier alpha value is -0.610. The van der Waals surface area contributed by atoms with Gasteiger partial charge < -0.3 is 14.2 Å². The Labute approximate surface area is 97.2 Å². The number of rotatable bonds is 3. The van der Waals surface area contributed by atoms with Gasteiger partial charge in [-0.05, 0) is 32.6 Å². The molecule has 0 aromatic carbocycles. The lowest BCUT2D eigenvalue weighted by molar-refractivity contribution is -0.169. The zero-order valence-corrected chi connectivity index (χ0v) is 10.2. The number of hydrogen-bond acceptors (Lipinski definition) is 4. The molecule has 0 aliphatic carbocycles. The Balaban J connectivity index is 0.000000165. The van der Waals surface area contributed by atoms with E-state index >= 15 is 0 Å². The van der Waals surface area contributed by atoms with Crippen LogP contribution in [0.4, 0.5) is 0 Å². The van der Waals surface area contributed by atoms with Crippen LogP contribution in [0.3, 0.4) is 0 Å². The fourth-order valence-electron chi connectivity index (χ4n) is 1.62. The second kappa shape index (κ2) is 7.63. The van der Waals surface area contributed by atoms with Crippen molar-refractivity contribution in [2.45, 2.75) is 58.3 Å². The molecule has 4 heteroatoms. The lowest BCUT2D eigenvalue weighted by Gasteiger charge is -2.23. The zero-order chi connectivity index (χ0) is 11.8. The number of hydrogen-bond donors (Lipinski definition) is 0. The quantitative estimate of drug-likeness (QED) is 0.698. The Bertz CT molecular complexity index is 188. The van der Waals surface area contributed by atoms with Gasteiger partial charge >= 0.3 is 5.97 Å². The van der Waals surface area contributed by atoms with Crippen LogP contribution in [0.5, 0.6) is 0 Å². The van der Waals surface area contributed by atoms with Crippen LogP contribution in [0.15, 0.2) is 0 Å². The van der Waals surface area contributed by atoms with Gasteiger partial charge in [0.2, 0.25) is 0 Å². The molecule has 94 valence electrons. The third kappa shape index (κ3) is 4.94. The van der Waals surface area contributed by atoms with E-state index in [1.807, 2.05) is 13.8 Å². The molecule has 2 fully saturated rings. The van der Waals surface area contributed by atoms with Gasteiger partial charge in [0.15, 0.2) is 6.29 Å². The van der Waals surface area contributed by atoms with Crippen molar-refractivity contribution in [2.24, 2.45) is 0 Å². The minimum atomic E-state index is -0.0492. The highest BCUT2D eigenvalue weighted by molar-refractivity contribution is 5.75. The maximum atomic E-state index is 10.0. The molecule has 2 saturated heterocycles. The fraction of sp³-hybridized carbons (Fsp3) is 0.917. The molecule has 2 heterocycles. The minimum absolute atomic E-state index is 0.0492. The van der Waals surface area contributed by atoms with Crippen LogP contribution in [-0.4, -0.2) is 31.6 Å². The zero-order valence-electron chi connectivity index (χ0n) is 10.2. The summed E-state index contributed by atoms with van der Waals surface area (Å²) >= 11 is 0. The Morgan fingerprint density at radius 1 is 1.38 bits per heavy atom. The van der Waals surface area contributed by atoms with Gasteiger partial charge in [0, 0.05) is 13.2 Å². The topological polar surface area (TPSA) is 44.8 Å². The Morgan fingerprint density at radius 2 is 2.12 bits per heavy atom. The van der Waals surface area contributed by atoms with Crippen LogP contribution in [0.1, 0.15) is 46.0 Å². The summed E-state index contributed by atoms with van der Waals surface area (Å²) in [7, 11) is 0. The van der Waals surface area contributed by atoms with Crippen molar-refractivity contribution < 1.29 is 19.0 Å². The number of esters is 1. The highest BCUT2D eigenvalue weighted by Gasteiger charge is 2.25. The molecular formula is C12H22O4. The highest BCUT2D eigenvalue weighted by atomic mass is 16.7. The summed E-state index contributed by atoms with van der Waals surface area (Å²) in [5.41, 5.74) is 0. The average molecular weight is 230 g/mol. The molecule has 2 aliphatic rings. The van der Waals surface area contributed by atoms with Gasteiger partial charge in [-0.1, -0.05) is 6.92 Å². The largest absolute Gasteiger partial charge is 0.462 e. The van der Waals surface area contributed by atoms with Crippen LogP contribution < -0.4 is 0 Å². The normalized spacial score (nSPS) is 28.5. The van der Waals surface area contributed by atoms with Gasteiger partial charge in [0.05, 0.1) is 6.42 Å². The van der Waals surface area contributed by atoms with E-state index in [-0.39, 0.29) is 18.4 Å². The standard InChI is InChI=1S/C7H14O2.C5H8O2/c1-2-8-7-5-3-4-6-9-7;1-2-4-3-5(6)7-4/h7H,2-6H2,1H3;4H,2-3H2,1H3. The Morgan fingerprint density at radius 3 is 2.50 bits per heavy atom. The van der Waals surface area contributed by atoms with Crippen LogP contribution in [-0.2, 0) is 19.0 Å². The second-order valence-electron chi connectivity index (χ2n) is 3.98. The first-order valence-corrected chi connectivity index (χ1v) is 6.19. The van der Waals surface area contributed by atoms with Gasteiger partial charge in [-0.15, -0.1) is 0 Å². The summed E-state index contributed by atoms with van der Waals surface area (Å²) in [6, 6.07) is 0. The molecular weight excluding hydrogens is 208 g/mol. The van der Waals surface area contributed by atoms with Crippen molar-refractivity contribution in [2.75, 3.05) is 13.2 Å². The van der Waals surface area contributed by atoms with E-state index in [4.69, 9.17) is 9.47 Å². The van der Waals surface area contributed by atoms with E-state index in [2.05, 4.69) is 4.74 Å². The first-order valence-electron chi connectivity index (χ1n) is 6.19. The van der Waals surface area contributed by atoms with E-state index in [0.29, 0.717) is 6.42 Å². The number of carbonyl (C=O) groups excluding carboxylic acids is 1. The van der Waals surface area contributed by atoms with Crippen LogP contribution >= 0.6 is 0 Å². The highest BCUT2D eigenvalue weighted by Crippen LogP contribution is 2.15. The van der Waals surface area contributed by atoms with E-state index in [9.17, 15) is 4.79 Å². The number of cyclic esters (lactones) is 1. The monoisotopic (exact) mass is 230 g/mol. The van der Waals surface area contributed by atoms with Gasteiger partial charge in [0.25, 0.3) is 0 Å². The second-order valence-corrected chi connectivity index (χ2v) is 3.98. The third-order valence-corrected chi connectivity index (χ3v) is 2.64. The smallest absolute Gasteiger partial charge is 0.309 e. The number of carbonyl (C=O) groups is 1. The van der Waals surface area contributed by atoms with Crippen molar-refractivity contribution in [3.05, 3.63) is 0 Å². The third-order valence-electron chi connectivity index (χ3n) is 2.64.